The van der Waals surface area contributed by atoms with Crippen LogP contribution >= 0.6 is 0 Å². The van der Waals surface area contributed by atoms with E-state index in [2.05, 4.69) is 41.5 Å². The fraction of sp³-hybridized carbons (Fsp3) is 1.00. The van der Waals surface area contributed by atoms with Crippen molar-refractivity contribution in [2.24, 2.45) is 0 Å². The molecule has 0 amide bonds. The zero-order valence-electron chi connectivity index (χ0n) is 7.45. The van der Waals surface area contributed by atoms with Gasteiger partial charge >= 0.3 is 69.9 Å². The Bertz CT molecular complexity index is 69.7. The molecule has 0 nitrogen and oxygen atoms in total. The van der Waals surface area contributed by atoms with Crippen molar-refractivity contribution in [1.29, 1.82) is 0 Å². The van der Waals surface area contributed by atoms with Crippen LogP contribution in [0.5, 0.6) is 0 Å². The maximum absolute atomic E-state index is 2.36. The van der Waals surface area contributed by atoms with E-state index in [1.54, 1.807) is 0 Å². The van der Waals surface area contributed by atoms with Crippen molar-refractivity contribution in [1.82, 2.24) is 0 Å². The number of hydrogen-bond donors (Lipinski definition) is 0. The minimum atomic E-state index is -0.00833. The molecule has 9 heavy (non-hydrogen) atoms. The van der Waals surface area contributed by atoms with Gasteiger partial charge in [-0.3, -0.25) is 0 Å². The minimum absolute atomic E-state index is 0.00833. The summed E-state index contributed by atoms with van der Waals surface area (Å²) in [7, 11) is 0. The Balaban J connectivity index is 3.75. The standard InChI is InChI=1S/2C4H9.Sb/c2*1-4(2)3;/h2*1-3H3;. The van der Waals surface area contributed by atoms with Gasteiger partial charge in [-0.2, -0.15) is 0 Å². The maximum atomic E-state index is 2.36. The van der Waals surface area contributed by atoms with Gasteiger partial charge in [0.05, 0.1) is 0 Å². The van der Waals surface area contributed by atoms with Gasteiger partial charge < -0.3 is 0 Å². The summed E-state index contributed by atoms with van der Waals surface area (Å²) >= 11 is -0.00833. The van der Waals surface area contributed by atoms with Crippen molar-refractivity contribution >= 4 is 21.6 Å². The van der Waals surface area contributed by atoms with Crippen LogP contribution in [0.3, 0.4) is 0 Å². The third-order valence-electron chi connectivity index (χ3n) is 0.671. The van der Waals surface area contributed by atoms with Crippen LogP contribution in [0, 0.1) is 0 Å². The van der Waals surface area contributed by atoms with Crippen LogP contribution < -0.4 is 0 Å². The second-order valence-electron chi connectivity index (χ2n) is 4.45. The van der Waals surface area contributed by atoms with Gasteiger partial charge in [0.1, 0.15) is 0 Å². The fourth-order valence-corrected chi connectivity index (χ4v) is 6.75. The van der Waals surface area contributed by atoms with E-state index in [9.17, 15) is 0 Å². The molecule has 0 heterocycles. The molecule has 0 saturated heterocycles. The van der Waals surface area contributed by atoms with Gasteiger partial charge in [-0.05, 0) is 0 Å². The Kier molecular flexibility index (Phi) is 3.08. The van der Waals surface area contributed by atoms with E-state index in [0.717, 1.165) is 0 Å². The molecule has 0 atom stereocenters. The molecule has 0 unspecified atom stereocenters. The quantitative estimate of drug-likeness (QED) is 0.567. The molecule has 0 aliphatic heterocycles. The van der Waals surface area contributed by atoms with Crippen LogP contribution in [0.4, 0.5) is 0 Å². The molecular formula is C8H18Sb. The first-order valence-corrected chi connectivity index (χ1v) is 6.00. The first-order chi connectivity index (χ1) is 3.71. The molecule has 1 heteroatoms. The summed E-state index contributed by atoms with van der Waals surface area (Å²) in [4.78, 5) is 0. The Morgan fingerprint density at radius 2 is 0.889 bits per heavy atom. The van der Waals surface area contributed by atoms with Crippen LogP contribution in [0.15, 0.2) is 0 Å². The SMILES string of the molecule is C[C](C)(C)[Sb][C](C)(C)C. The molecule has 55 valence electrons. The van der Waals surface area contributed by atoms with E-state index in [1.165, 1.54) is 0 Å². The van der Waals surface area contributed by atoms with Crippen molar-refractivity contribution in [2.45, 2.75) is 48.3 Å². The number of hydrogen-bond acceptors (Lipinski definition) is 0. The van der Waals surface area contributed by atoms with Gasteiger partial charge in [-0.1, -0.05) is 0 Å². The van der Waals surface area contributed by atoms with Gasteiger partial charge in [0.15, 0.2) is 0 Å². The van der Waals surface area contributed by atoms with E-state index in [0.29, 0.717) is 6.72 Å². The third-order valence-corrected chi connectivity index (χ3v) is 4.50. The van der Waals surface area contributed by atoms with Crippen molar-refractivity contribution in [3.8, 4) is 0 Å². The van der Waals surface area contributed by atoms with Crippen LogP contribution in [-0.2, 0) is 0 Å². The van der Waals surface area contributed by atoms with Gasteiger partial charge in [0.2, 0.25) is 0 Å². The second-order valence-corrected chi connectivity index (χ2v) is 12.8. The van der Waals surface area contributed by atoms with Crippen molar-refractivity contribution in [2.75, 3.05) is 0 Å². The molecule has 0 spiro atoms. The average molecular weight is 236 g/mol. The van der Waals surface area contributed by atoms with E-state index >= 15 is 0 Å². The Hall–Kier alpha value is 0.818. The molecule has 0 aromatic rings. The first-order valence-electron chi connectivity index (χ1n) is 3.45. The number of rotatable bonds is 0. The Morgan fingerprint density at radius 3 is 0.889 bits per heavy atom. The molecular weight excluding hydrogens is 218 g/mol. The summed E-state index contributed by atoms with van der Waals surface area (Å²) in [5.41, 5.74) is 0. The van der Waals surface area contributed by atoms with E-state index in [1.807, 2.05) is 0 Å². The average Bonchev–Trinajstić information content (AvgIpc) is 1.14. The molecule has 0 fully saturated rings. The Morgan fingerprint density at radius 1 is 0.667 bits per heavy atom. The van der Waals surface area contributed by atoms with E-state index in [4.69, 9.17) is 0 Å². The van der Waals surface area contributed by atoms with Crippen molar-refractivity contribution < 1.29 is 0 Å². The van der Waals surface area contributed by atoms with Gasteiger partial charge in [-0.15, -0.1) is 0 Å². The summed E-state index contributed by atoms with van der Waals surface area (Å²) in [5.74, 6) is 0. The van der Waals surface area contributed by atoms with E-state index < -0.39 is 0 Å². The summed E-state index contributed by atoms with van der Waals surface area (Å²) in [6.45, 7) is 14.1. The van der Waals surface area contributed by atoms with Gasteiger partial charge in [0, 0.05) is 0 Å². The second kappa shape index (κ2) is 2.82. The molecule has 0 aliphatic carbocycles. The summed E-state index contributed by atoms with van der Waals surface area (Å²) in [6.07, 6.45) is 0. The van der Waals surface area contributed by atoms with Crippen molar-refractivity contribution in [3.63, 3.8) is 0 Å². The van der Waals surface area contributed by atoms with Gasteiger partial charge in [-0.25, -0.2) is 0 Å². The predicted octanol–water partition coefficient (Wildman–Crippen LogP) is 3.13. The van der Waals surface area contributed by atoms with Crippen molar-refractivity contribution in [3.05, 3.63) is 0 Å². The van der Waals surface area contributed by atoms with Crippen LogP contribution in [-0.4, -0.2) is 21.6 Å². The Labute approximate surface area is 69.9 Å². The zero-order chi connectivity index (χ0) is 7.71. The molecule has 0 rings (SSSR count). The first kappa shape index (κ1) is 9.82. The normalized spacial score (nSPS) is 14.0. The molecule has 0 aliphatic rings. The summed E-state index contributed by atoms with van der Waals surface area (Å²) in [5, 5.41) is 0. The molecule has 1 radical (unpaired) electrons. The summed E-state index contributed by atoms with van der Waals surface area (Å²) < 4.78 is 1.27. The molecule has 0 aromatic heterocycles. The monoisotopic (exact) mass is 235 g/mol. The molecule has 0 saturated carbocycles. The van der Waals surface area contributed by atoms with Gasteiger partial charge in [0.25, 0.3) is 0 Å². The zero-order valence-corrected chi connectivity index (χ0v) is 10.0. The molecule has 0 N–H and O–H groups in total. The van der Waals surface area contributed by atoms with Crippen LogP contribution in [0.1, 0.15) is 41.5 Å². The molecule has 0 aromatic carbocycles. The molecule has 0 bridgehead atoms. The van der Waals surface area contributed by atoms with Crippen LogP contribution in [0.2, 0.25) is 6.72 Å². The fourth-order valence-electron chi connectivity index (χ4n) is 1.01. The third kappa shape index (κ3) is 8.82. The van der Waals surface area contributed by atoms with Crippen LogP contribution in [0.25, 0.3) is 0 Å². The topological polar surface area (TPSA) is 0 Å². The van der Waals surface area contributed by atoms with E-state index in [-0.39, 0.29) is 21.6 Å². The summed E-state index contributed by atoms with van der Waals surface area (Å²) in [6, 6.07) is 0. The predicted molar refractivity (Wildman–Crippen MR) is 45.2 cm³/mol.